The van der Waals surface area contributed by atoms with Gasteiger partial charge in [-0.25, -0.2) is 15.0 Å². The molecule has 0 aliphatic carbocycles. The van der Waals surface area contributed by atoms with Gasteiger partial charge in [0, 0.05) is 18.5 Å². The van der Waals surface area contributed by atoms with Crippen molar-refractivity contribution < 1.29 is 13.9 Å². The van der Waals surface area contributed by atoms with Gasteiger partial charge in [0.15, 0.2) is 0 Å². The SMILES string of the molecule is COc1ccc(COc2cnc3oc(-c4cnccn4)nc3c2)nc1. The van der Waals surface area contributed by atoms with E-state index in [1.54, 1.807) is 44.2 Å². The van der Waals surface area contributed by atoms with Crippen LogP contribution in [0, 0.1) is 0 Å². The number of oxazole rings is 1. The molecule has 0 aromatic carbocycles. The van der Waals surface area contributed by atoms with Gasteiger partial charge in [0.25, 0.3) is 0 Å². The van der Waals surface area contributed by atoms with Crippen LogP contribution in [0.4, 0.5) is 0 Å². The van der Waals surface area contributed by atoms with Crippen LogP contribution in [-0.2, 0) is 6.61 Å². The molecule has 0 aliphatic heterocycles. The predicted molar refractivity (Wildman–Crippen MR) is 88.0 cm³/mol. The molecule has 0 aliphatic rings. The lowest BCUT2D eigenvalue weighted by atomic mass is 10.3. The Morgan fingerprint density at radius 1 is 1.00 bits per heavy atom. The lowest BCUT2D eigenvalue weighted by molar-refractivity contribution is 0.300. The highest BCUT2D eigenvalue weighted by Gasteiger charge is 2.11. The van der Waals surface area contributed by atoms with Gasteiger partial charge in [-0.3, -0.25) is 9.97 Å². The summed E-state index contributed by atoms with van der Waals surface area (Å²) in [5.74, 6) is 1.64. The monoisotopic (exact) mass is 335 g/mol. The highest BCUT2D eigenvalue weighted by molar-refractivity contribution is 5.72. The zero-order chi connectivity index (χ0) is 17.1. The molecule has 0 radical (unpaired) electrons. The van der Waals surface area contributed by atoms with E-state index in [1.807, 2.05) is 12.1 Å². The van der Waals surface area contributed by atoms with Crippen LogP contribution >= 0.6 is 0 Å². The molecule has 0 fully saturated rings. The van der Waals surface area contributed by atoms with E-state index < -0.39 is 0 Å². The highest BCUT2D eigenvalue weighted by Crippen LogP contribution is 2.24. The maximum absolute atomic E-state index is 5.71. The molecule has 4 heterocycles. The second kappa shape index (κ2) is 6.52. The molecule has 0 N–H and O–H groups in total. The molecule has 0 amide bonds. The first kappa shape index (κ1) is 15.0. The third-order valence-corrected chi connectivity index (χ3v) is 3.42. The lowest BCUT2D eigenvalue weighted by Crippen LogP contribution is -1.98. The Bertz CT molecular complexity index is 986. The maximum atomic E-state index is 5.71. The molecule has 0 atom stereocenters. The van der Waals surface area contributed by atoms with Crippen molar-refractivity contribution in [1.82, 2.24) is 24.9 Å². The fraction of sp³-hybridized carbons (Fsp3) is 0.118. The van der Waals surface area contributed by atoms with Crippen LogP contribution in [0.15, 0.2) is 53.6 Å². The summed E-state index contributed by atoms with van der Waals surface area (Å²) in [6.45, 7) is 0.312. The van der Waals surface area contributed by atoms with E-state index >= 15 is 0 Å². The number of nitrogens with zero attached hydrogens (tertiary/aromatic N) is 5. The van der Waals surface area contributed by atoms with Crippen molar-refractivity contribution in [1.29, 1.82) is 0 Å². The normalized spacial score (nSPS) is 10.8. The number of rotatable bonds is 5. The van der Waals surface area contributed by atoms with Crippen molar-refractivity contribution in [3.63, 3.8) is 0 Å². The number of pyridine rings is 2. The number of ether oxygens (including phenoxy) is 2. The van der Waals surface area contributed by atoms with Gasteiger partial charge >= 0.3 is 0 Å². The van der Waals surface area contributed by atoms with Gasteiger partial charge in [-0.15, -0.1) is 0 Å². The van der Waals surface area contributed by atoms with Crippen molar-refractivity contribution in [2.75, 3.05) is 7.11 Å². The largest absolute Gasteiger partial charge is 0.495 e. The molecular weight excluding hydrogens is 322 g/mol. The molecule has 4 aromatic heterocycles. The summed E-state index contributed by atoms with van der Waals surface area (Å²) in [4.78, 5) is 21.0. The number of aromatic nitrogens is 5. The molecular formula is C17H13N5O3. The fourth-order valence-corrected chi connectivity index (χ4v) is 2.18. The van der Waals surface area contributed by atoms with Gasteiger partial charge in [0.2, 0.25) is 11.6 Å². The molecule has 4 aromatic rings. The van der Waals surface area contributed by atoms with Crippen molar-refractivity contribution in [2.45, 2.75) is 6.61 Å². The minimum Gasteiger partial charge on any atom is -0.495 e. The number of hydrogen-bond acceptors (Lipinski definition) is 8. The molecule has 0 spiro atoms. The zero-order valence-electron chi connectivity index (χ0n) is 13.3. The molecule has 124 valence electrons. The number of hydrogen-bond donors (Lipinski definition) is 0. The summed E-state index contributed by atoms with van der Waals surface area (Å²) >= 11 is 0. The smallest absolute Gasteiger partial charge is 0.249 e. The third kappa shape index (κ3) is 3.23. The Morgan fingerprint density at radius 3 is 2.68 bits per heavy atom. The minimum absolute atomic E-state index is 0.312. The second-order valence-corrected chi connectivity index (χ2v) is 5.08. The van der Waals surface area contributed by atoms with E-state index in [9.17, 15) is 0 Å². The zero-order valence-corrected chi connectivity index (χ0v) is 13.3. The number of fused-ring (bicyclic) bond motifs is 1. The van der Waals surface area contributed by atoms with Crippen molar-refractivity contribution in [3.8, 4) is 23.1 Å². The molecule has 8 nitrogen and oxygen atoms in total. The van der Waals surface area contributed by atoms with E-state index in [1.165, 1.54) is 0 Å². The van der Waals surface area contributed by atoms with E-state index in [4.69, 9.17) is 13.9 Å². The molecule has 0 bridgehead atoms. The first-order valence-corrected chi connectivity index (χ1v) is 7.46. The standard InChI is InChI=1S/C17H13N5O3/c1-23-12-3-2-11(20-7-12)10-24-13-6-14-16(21-8-13)25-17(22-14)15-9-18-4-5-19-15/h2-9H,10H2,1H3. The van der Waals surface area contributed by atoms with Crippen molar-refractivity contribution in [3.05, 3.63) is 54.9 Å². The Labute approximate surface area is 142 Å². The van der Waals surface area contributed by atoms with Crippen molar-refractivity contribution >= 4 is 11.2 Å². The summed E-state index contributed by atoms with van der Waals surface area (Å²) in [7, 11) is 1.60. The van der Waals surface area contributed by atoms with Crippen LogP contribution < -0.4 is 9.47 Å². The molecule has 8 heteroatoms. The average Bonchev–Trinajstić information content (AvgIpc) is 3.11. The Kier molecular flexibility index (Phi) is 3.91. The topological polar surface area (TPSA) is 96.1 Å². The highest BCUT2D eigenvalue weighted by atomic mass is 16.5. The van der Waals surface area contributed by atoms with E-state index in [-0.39, 0.29) is 0 Å². The van der Waals surface area contributed by atoms with Crippen molar-refractivity contribution in [2.24, 2.45) is 0 Å². The fourth-order valence-electron chi connectivity index (χ4n) is 2.18. The molecule has 25 heavy (non-hydrogen) atoms. The summed E-state index contributed by atoms with van der Waals surface area (Å²) in [6.07, 6.45) is 7.97. The summed E-state index contributed by atoms with van der Waals surface area (Å²) in [6, 6.07) is 5.43. The predicted octanol–water partition coefficient (Wildman–Crippen LogP) is 2.66. The summed E-state index contributed by atoms with van der Waals surface area (Å²) < 4.78 is 16.4. The Morgan fingerprint density at radius 2 is 1.92 bits per heavy atom. The van der Waals surface area contributed by atoms with Gasteiger partial charge in [-0.05, 0) is 12.1 Å². The van der Waals surface area contributed by atoms with Gasteiger partial charge in [0.1, 0.15) is 29.3 Å². The number of methoxy groups -OCH3 is 1. The molecule has 4 rings (SSSR count). The van der Waals surface area contributed by atoms with Gasteiger partial charge in [-0.1, -0.05) is 0 Å². The van der Waals surface area contributed by atoms with Crippen LogP contribution in [0.2, 0.25) is 0 Å². The average molecular weight is 335 g/mol. The van der Waals surface area contributed by atoms with E-state index in [0.717, 1.165) is 5.69 Å². The molecule has 0 unspecified atom stereocenters. The molecule has 0 saturated heterocycles. The van der Waals surface area contributed by atoms with Crippen LogP contribution in [0.5, 0.6) is 11.5 Å². The van der Waals surface area contributed by atoms with Crippen LogP contribution in [0.1, 0.15) is 5.69 Å². The van der Waals surface area contributed by atoms with Crippen LogP contribution in [0.3, 0.4) is 0 Å². The quantitative estimate of drug-likeness (QED) is 0.549. The van der Waals surface area contributed by atoms with Gasteiger partial charge in [0.05, 0.1) is 31.4 Å². The van der Waals surface area contributed by atoms with E-state index in [2.05, 4.69) is 24.9 Å². The Hall–Kier alpha value is -3.55. The minimum atomic E-state index is 0.312. The molecule has 0 saturated carbocycles. The van der Waals surface area contributed by atoms with Crippen LogP contribution in [-0.4, -0.2) is 32.0 Å². The summed E-state index contributed by atoms with van der Waals surface area (Å²) in [5.41, 5.74) is 2.32. The maximum Gasteiger partial charge on any atom is 0.249 e. The third-order valence-electron chi connectivity index (χ3n) is 3.42. The van der Waals surface area contributed by atoms with Gasteiger partial charge < -0.3 is 13.9 Å². The summed E-state index contributed by atoms with van der Waals surface area (Å²) in [5, 5.41) is 0. The first-order chi connectivity index (χ1) is 12.3. The second-order valence-electron chi connectivity index (χ2n) is 5.08. The first-order valence-electron chi connectivity index (χ1n) is 7.46. The van der Waals surface area contributed by atoms with E-state index in [0.29, 0.717) is 40.9 Å². The van der Waals surface area contributed by atoms with Crippen LogP contribution in [0.25, 0.3) is 22.8 Å². The lowest BCUT2D eigenvalue weighted by Gasteiger charge is -2.05. The van der Waals surface area contributed by atoms with Gasteiger partial charge in [-0.2, -0.15) is 0 Å². The Balaban J connectivity index is 1.52.